The highest BCUT2D eigenvalue weighted by Crippen LogP contribution is 2.53. The van der Waals surface area contributed by atoms with Gasteiger partial charge in [-0.25, -0.2) is 0 Å². The second-order valence-electron chi connectivity index (χ2n) is 6.82. The predicted octanol–water partition coefficient (Wildman–Crippen LogP) is 3.24. The molecular weight excluding hydrogens is 252 g/mol. The maximum absolute atomic E-state index is 11.3. The second kappa shape index (κ2) is 5.36. The molecule has 112 valence electrons. The second-order valence-corrected chi connectivity index (χ2v) is 6.82. The summed E-state index contributed by atoms with van der Waals surface area (Å²) in [5.41, 5.74) is 2.40. The molecule has 3 heteroatoms. The molecule has 0 heterocycles. The Bertz CT molecular complexity index is 451. The zero-order chi connectivity index (χ0) is 15.1. The molecule has 0 saturated heterocycles. The number of carbonyl (C=O) groups is 1. The molecule has 2 rings (SSSR count). The van der Waals surface area contributed by atoms with Crippen LogP contribution in [-0.2, 0) is 9.53 Å². The zero-order valence-electron chi connectivity index (χ0n) is 13.0. The van der Waals surface area contributed by atoms with E-state index in [1.165, 1.54) is 12.5 Å². The Kier molecular flexibility index (Phi) is 4.10. The molecule has 0 aliphatic heterocycles. The molecule has 2 aliphatic carbocycles. The van der Waals surface area contributed by atoms with Crippen molar-refractivity contribution in [2.45, 2.75) is 59.2 Å². The van der Waals surface area contributed by atoms with Crippen LogP contribution in [0.15, 0.2) is 23.8 Å². The van der Waals surface area contributed by atoms with E-state index in [-0.39, 0.29) is 29.5 Å². The number of carbonyl (C=O) groups excluding carboxylic acids is 1. The van der Waals surface area contributed by atoms with Crippen LogP contribution in [0.1, 0.15) is 47.0 Å². The minimum atomic E-state index is -0.368. The lowest BCUT2D eigenvalue weighted by Gasteiger charge is -2.50. The highest BCUT2D eigenvalue weighted by Gasteiger charge is 2.47. The number of esters is 1. The van der Waals surface area contributed by atoms with Gasteiger partial charge in [0, 0.05) is 19.3 Å². The van der Waals surface area contributed by atoms with Crippen molar-refractivity contribution < 1.29 is 14.6 Å². The smallest absolute Gasteiger partial charge is 0.302 e. The Hall–Kier alpha value is -1.09. The third-order valence-corrected chi connectivity index (χ3v) is 5.27. The summed E-state index contributed by atoms with van der Waals surface area (Å²) in [6.07, 6.45) is 3.94. The van der Waals surface area contributed by atoms with E-state index in [0.29, 0.717) is 5.92 Å². The maximum Gasteiger partial charge on any atom is 0.302 e. The lowest BCUT2D eigenvalue weighted by molar-refractivity contribution is -0.150. The van der Waals surface area contributed by atoms with Gasteiger partial charge in [-0.2, -0.15) is 0 Å². The summed E-state index contributed by atoms with van der Waals surface area (Å²) < 4.78 is 5.51. The van der Waals surface area contributed by atoms with Gasteiger partial charge in [-0.05, 0) is 31.1 Å². The van der Waals surface area contributed by atoms with E-state index in [9.17, 15) is 9.90 Å². The van der Waals surface area contributed by atoms with Crippen molar-refractivity contribution in [3.8, 4) is 0 Å². The van der Waals surface area contributed by atoms with E-state index in [1.54, 1.807) is 0 Å². The first-order valence-corrected chi connectivity index (χ1v) is 7.46. The standard InChI is InChI=1S/C17H26O3/c1-10(2)15-9-17(5)11(3)6-14(19)7-13(17)8-16(15)20-12(4)18/h7,11,14-16,19H,1,6,8-9H2,2-5H3/t11-,14+,15-,16+,17+/m0/s1. The quantitative estimate of drug-likeness (QED) is 0.623. The molecule has 0 aromatic rings. The molecule has 2 aliphatic rings. The van der Waals surface area contributed by atoms with E-state index in [2.05, 4.69) is 20.4 Å². The summed E-state index contributed by atoms with van der Waals surface area (Å²) >= 11 is 0. The highest BCUT2D eigenvalue weighted by atomic mass is 16.5. The lowest BCUT2D eigenvalue weighted by Crippen LogP contribution is -2.45. The van der Waals surface area contributed by atoms with Gasteiger partial charge in [0.15, 0.2) is 0 Å². The molecule has 0 aromatic carbocycles. The molecule has 20 heavy (non-hydrogen) atoms. The van der Waals surface area contributed by atoms with Crippen molar-refractivity contribution in [3.05, 3.63) is 23.8 Å². The molecule has 1 saturated carbocycles. The molecule has 3 nitrogen and oxygen atoms in total. The van der Waals surface area contributed by atoms with Crippen LogP contribution in [0.5, 0.6) is 0 Å². The molecule has 5 atom stereocenters. The minimum absolute atomic E-state index is 0.0828. The number of rotatable bonds is 2. The maximum atomic E-state index is 11.3. The van der Waals surface area contributed by atoms with Crippen LogP contribution in [0.3, 0.4) is 0 Å². The van der Waals surface area contributed by atoms with Crippen molar-refractivity contribution >= 4 is 5.97 Å². The average molecular weight is 278 g/mol. The normalized spacial score (nSPS) is 40.5. The molecule has 0 bridgehead atoms. The summed E-state index contributed by atoms with van der Waals surface area (Å²) in [4.78, 5) is 11.3. The van der Waals surface area contributed by atoms with Gasteiger partial charge in [0.25, 0.3) is 0 Å². The van der Waals surface area contributed by atoms with E-state index < -0.39 is 0 Å². The summed E-state index contributed by atoms with van der Waals surface area (Å²) in [6.45, 7) is 12.0. The number of ether oxygens (including phenoxy) is 1. The van der Waals surface area contributed by atoms with Gasteiger partial charge in [-0.3, -0.25) is 4.79 Å². The third-order valence-electron chi connectivity index (χ3n) is 5.27. The molecule has 0 amide bonds. The molecule has 0 radical (unpaired) electrons. The fraction of sp³-hybridized carbons (Fsp3) is 0.706. The van der Waals surface area contributed by atoms with Crippen LogP contribution in [0.4, 0.5) is 0 Å². The molecule has 1 fully saturated rings. The summed E-state index contributed by atoms with van der Waals surface area (Å²) in [5.74, 6) is 0.395. The molecule has 1 N–H and O–H groups in total. The number of hydrogen-bond acceptors (Lipinski definition) is 3. The van der Waals surface area contributed by atoms with Gasteiger partial charge in [-0.15, -0.1) is 0 Å². The van der Waals surface area contributed by atoms with Crippen LogP contribution in [0.25, 0.3) is 0 Å². The first kappa shape index (κ1) is 15.3. The van der Waals surface area contributed by atoms with Crippen molar-refractivity contribution in [1.82, 2.24) is 0 Å². The summed E-state index contributed by atoms with van der Waals surface area (Å²) in [7, 11) is 0. The number of fused-ring (bicyclic) bond motifs is 1. The van der Waals surface area contributed by atoms with Crippen molar-refractivity contribution in [3.63, 3.8) is 0 Å². The molecule has 0 aromatic heterocycles. The zero-order valence-corrected chi connectivity index (χ0v) is 13.0. The van der Waals surface area contributed by atoms with E-state index in [1.807, 2.05) is 13.0 Å². The van der Waals surface area contributed by atoms with Gasteiger partial charge >= 0.3 is 5.97 Å². The first-order valence-electron chi connectivity index (χ1n) is 7.46. The van der Waals surface area contributed by atoms with Crippen LogP contribution in [0, 0.1) is 17.3 Å². The number of aliphatic hydroxyl groups excluding tert-OH is 1. The monoisotopic (exact) mass is 278 g/mol. The Morgan fingerprint density at radius 1 is 1.50 bits per heavy atom. The van der Waals surface area contributed by atoms with Crippen molar-refractivity contribution in [2.24, 2.45) is 17.3 Å². The van der Waals surface area contributed by atoms with Crippen LogP contribution >= 0.6 is 0 Å². The highest BCUT2D eigenvalue weighted by molar-refractivity contribution is 5.66. The van der Waals surface area contributed by atoms with Gasteiger partial charge in [0.05, 0.1) is 6.10 Å². The van der Waals surface area contributed by atoms with Crippen LogP contribution < -0.4 is 0 Å². The van der Waals surface area contributed by atoms with E-state index >= 15 is 0 Å². The first-order chi connectivity index (χ1) is 9.24. The van der Waals surface area contributed by atoms with Gasteiger partial charge in [0.1, 0.15) is 6.10 Å². The Balaban J connectivity index is 2.33. The molecular formula is C17H26O3. The molecule has 0 unspecified atom stereocenters. The lowest BCUT2D eigenvalue weighted by atomic mass is 9.56. The predicted molar refractivity (Wildman–Crippen MR) is 79.1 cm³/mol. The Morgan fingerprint density at radius 2 is 2.15 bits per heavy atom. The van der Waals surface area contributed by atoms with Crippen molar-refractivity contribution in [1.29, 1.82) is 0 Å². The summed E-state index contributed by atoms with van der Waals surface area (Å²) in [5, 5.41) is 9.97. The van der Waals surface area contributed by atoms with Crippen LogP contribution in [0.2, 0.25) is 0 Å². The fourth-order valence-electron chi connectivity index (χ4n) is 3.84. The topological polar surface area (TPSA) is 46.5 Å². The van der Waals surface area contributed by atoms with Crippen molar-refractivity contribution in [2.75, 3.05) is 0 Å². The van der Waals surface area contributed by atoms with E-state index in [0.717, 1.165) is 24.8 Å². The summed E-state index contributed by atoms with van der Waals surface area (Å²) in [6, 6.07) is 0. The van der Waals surface area contributed by atoms with Gasteiger partial charge in [0.2, 0.25) is 0 Å². The Labute approximate surface area is 121 Å². The number of hydrogen-bond donors (Lipinski definition) is 1. The SMILES string of the molecule is C=C(C)[C@@H]1C[C@@]2(C)C(=C[C@H](O)C[C@@H]2C)C[C@H]1OC(C)=O. The van der Waals surface area contributed by atoms with Gasteiger partial charge < -0.3 is 9.84 Å². The third kappa shape index (κ3) is 2.69. The minimum Gasteiger partial charge on any atom is -0.462 e. The molecule has 0 spiro atoms. The fourth-order valence-corrected chi connectivity index (χ4v) is 3.84. The van der Waals surface area contributed by atoms with Crippen LogP contribution in [-0.4, -0.2) is 23.3 Å². The average Bonchev–Trinajstić information content (AvgIpc) is 2.30. The van der Waals surface area contributed by atoms with E-state index in [4.69, 9.17) is 4.74 Å². The van der Waals surface area contributed by atoms with Gasteiger partial charge in [-0.1, -0.05) is 37.6 Å². The largest absolute Gasteiger partial charge is 0.462 e. The Morgan fingerprint density at radius 3 is 2.70 bits per heavy atom. The number of aliphatic hydroxyl groups is 1.